The summed E-state index contributed by atoms with van der Waals surface area (Å²) in [7, 11) is 0. The Labute approximate surface area is 323 Å². The number of aromatic nitrogens is 2. The Kier molecular flexibility index (Phi) is 7.45. The lowest BCUT2D eigenvalue weighted by atomic mass is 9.89. The minimum absolute atomic E-state index is 0.0964. The summed E-state index contributed by atoms with van der Waals surface area (Å²) < 4.78 is 9.61. The molecule has 4 nitrogen and oxygen atoms in total. The zero-order chi connectivity index (χ0) is 36.3. The van der Waals surface area contributed by atoms with E-state index < -0.39 is 0 Å². The number of para-hydroxylation sites is 3. The van der Waals surface area contributed by atoms with Gasteiger partial charge < -0.3 is 9.64 Å². The van der Waals surface area contributed by atoms with Crippen molar-refractivity contribution in [3.05, 3.63) is 188 Å². The van der Waals surface area contributed by atoms with Crippen LogP contribution in [0.15, 0.2) is 182 Å². The first-order valence-corrected chi connectivity index (χ1v) is 19.5. The summed E-state index contributed by atoms with van der Waals surface area (Å²) in [5.74, 6) is 0.858. The van der Waals surface area contributed by atoms with E-state index in [0.29, 0.717) is 0 Å². The van der Waals surface area contributed by atoms with Crippen LogP contribution in [0, 0.1) is 0 Å². The topological polar surface area (TPSA) is 38.2 Å². The lowest BCUT2D eigenvalue weighted by Gasteiger charge is -2.28. The molecule has 9 aromatic rings. The Bertz CT molecular complexity index is 3000. The molecular weight excluding hydrogens is 691 g/mol. The van der Waals surface area contributed by atoms with Crippen molar-refractivity contribution in [1.82, 2.24) is 9.97 Å². The van der Waals surface area contributed by atoms with Gasteiger partial charge in [0.05, 0.1) is 28.1 Å². The molecule has 0 amide bonds. The SMILES string of the molecule is C1=CCC2Oc3c(N(c4ccccc4)c4ccc5c(c4)sc4ccccc45)ccc(-c4nc5ccccc5nc4-c4cccc(-c5ccccc5)c4)c3C2=C1. The van der Waals surface area contributed by atoms with E-state index >= 15 is 0 Å². The number of ether oxygens (including phenoxy) is 1. The van der Waals surface area contributed by atoms with Crippen molar-refractivity contribution in [2.24, 2.45) is 0 Å². The maximum atomic E-state index is 7.07. The molecule has 0 bridgehead atoms. The summed E-state index contributed by atoms with van der Waals surface area (Å²) in [5, 5.41) is 2.56. The highest BCUT2D eigenvalue weighted by Crippen LogP contribution is 2.54. The van der Waals surface area contributed by atoms with Crippen LogP contribution in [0.1, 0.15) is 12.0 Å². The van der Waals surface area contributed by atoms with E-state index in [-0.39, 0.29) is 6.10 Å². The van der Waals surface area contributed by atoms with Crippen LogP contribution in [0.5, 0.6) is 5.75 Å². The van der Waals surface area contributed by atoms with E-state index in [1.54, 1.807) is 0 Å². The molecule has 2 aromatic heterocycles. The first-order valence-electron chi connectivity index (χ1n) is 18.7. The summed E-state index contributed by atoms with van der Waals surface area (Å²) in [6, 6.07) is 57.9. The Morgan fingerprint density at radius 3 is 2.13 bits per heavy atom. The third kappa shape index (κ3) is 5.35. The van der Waals surface area contributed by atoms with E-state index in [9.17, 15) is 0 Å². The fourth-order valence-electron chi connectivity index (χ4n) is 8.18. The van der Waals surface area contributed by atoms with E-state index in [2.05, 4.69) is 163 Å². The first kappa shape index (κ1) is 31.7. The van der Waals surface area contributed by atoms with Crippen LogP contribution in [0.4, 0.5) is 17.1 Å². The predicted octanol–water partition coefficient (Wildman–Crippen LogP) is 13.6. The van der Waals surface area contributed by atoms with Gasteiger partial charge in [-0.25, -0.2) is 9.97 Å². The maximum Gasteiger partial charge on any atom is 0.152 e. The van der Waals surface area contributed by atoms with Crippen molar-refractivity contribution in [1.29, 1.82) is 0 Å². The summed E-state index contributed by atoms with van der Waals surface area (Å²) in [6.45, 7) is 0. The molecule has 0 fully saturated rings. The number of rotatable bonds is 6. The van der Waals surface area contributed by atoms with Gasteiger partial charge in [0.15, 0.2) is 5.75 Å². The van der Waals surface area contributed by atoms with Crippen molar-refractivity contribution in [3.63, 3.8) is 0 Å². The van der Waals surface area contributed by atoms with Gasteiger partial charge in [-0.3, -0.25) is 0 Å². The van der Waals surface area contributed by atoms with Gasteiger partial charge in [-0.1, -0.05) is 121 Å². The smallest absolute Gasteiger partial charge is 0.152 e. The zero-order valence-corrected chi connectivity index (χ0v) is 30.6. The number of benzene rings is 7. The number of hydrogen-bond donors (Lipinski definition) is 0. The number of allylic oxidation sites excluding steroid dienone is 2. The standard InChI is InChI=1S/C50H33N3OS/c1-3-14-32(15-4-1)33-16-13-17-34(30-33)48-49(52-42-23-10-9-22-41(42)51-48)40-28-29-43(50-47(40)39-21-7-11-24-44(39)54-50)53(35-18-5-2-6-19-35)36-26-27-38-37-20-8-12-25-45(37)55-46(38)31-36/h1-23,25-31,44H,24H2. The molecule has 260 valence electrons. The molecule has 55 heavy (non-hydrogen) atoms. The van der Waals surface area contributed by atoms with Crippen LogP contribution < -0.4 is 9.64 Å². The average molecular weight is 724 g/mol. The van der Waals surface area contributed by atoms with Gasteiger partial charge in [0.1, 0.15) is 6.10 Å². The Morgan fingerprint density at radius 2 is 1.27 bits per heavy atom. The highest BCUT2D eigenvalue weighted by Gasteiger charge is 2.36. The van der Waals surface area contributed by atoms with E-state index in [4.69, 9.17) is 14.7 Å². The molecule has 1 atom stereocenters. The highest BCUT2D eigenvalue weighted by atomic mass is 32.1. The quantitative estimate of drug-likeness (QED) is 0.171. The van der Waals surface area contributed by atoms with E-state index in [1.165, 1.54) is 25.7 Å². The lowest BCUT2D eigenvalue weighted by molar-refractivity contribution is 0.280. The number of fused-ring (bicyclic) bond motifs is 7. The van der Waals surface area contributed by atoms with Gasteiger partial charge >= 0.3 is 0 Å². The number of hydrogen-bond acceptors (Lipinski definition) is 5. The van der Waals surface area contributed by atoms with Crippen molar-refractivity contribution >= 4 is 65.2 Å². The van der Waals surface area contributed by atoms with Crippen LogP contribution in [-0.4, -0.2) is 16.1 Å². The lowest BCUT2D eigenvalue weighted by Crippen LogP contribution is -2.14. The molecule has 1 unspecified atom stereocenters. The molecule has 2 aliphatic rings. The Balaban J connectivity index is 1.15. The second kappa shape index (κ2) is 12.9. The molecule has 0 radical (unpaired) electrons. The second-order valence-corrected chi connectivity index (χ2v) is 15.1. The molecule has 0 saturated heterocycles. The zero-order valence-electron chi connectivity index (χ0n) is 29.8. The summed E-state index contributed by atoms with van der Waals surface area (Å²) in [5.41, 5.74) is 13.1. The average Bonchev–Trinajstić information content (AvgIpc) is 3.83. The number of anilines is 3. The van der Waals surface area contributed by atoms with Gasteiger partial charge in [0.2, 0.25) is 0 Å². The molecule has 7 aromatic carbocycles. The van der Waals surface area contributed by atoms with Crippen LogP contribution in [-0.2, 0) is 0 Å². The van der Waals surface area contributed by atoms with Crippen LogP contribution >= 0.6 is 11.3 Å². The molecule has 0 N–H and O–H groups in total. The van der Waals surface area contributed by atoms with Gasteiger partial charge in [0.25, 0.3) is 0 Å². The van der Waals surface area contributed by atoms with Crippen molar-refractivity contribution < 1.29 is 4.74 Å². The highest BCUT2D eigenvalue weighted by molar-refractivity contribution is 7.25. The maximum absolute atomic E-state index is 7.07. The van der Waals surface area contributed by atoms with E-state index in [0.717, 1.165) is 79.5 Å². The fourth-order valence-corrected chi connectivity index (χ4v) is 9.32. The third-order valence-electron chi connectivity index (χ3n) is 10.7. The van der Waals surface area contributed by atoms with Crippen LogP contribution in [0.25, 0.3) is 70.4 Å². The molecule has 0 saturated carbocycles. The van der Waals surface area contributed by atoms with Crippen LogP contribution in [0.2, 0.25) is 0 Å². The first-order chi connectivity index (χ1) is 27.3. The minimum Gasteiger partial charge on any atom is -0.483 e. The number of nitrogens with zero attached hydrogens (tertiary/aromatic N) is 3. The van der Waals surface area contributed by atoms with Gasteiger partial charge in [0, 0.05) is 60.2 Å². The largest absolute Gasteiger partial charge is 0.483 e. The molecular formula is C50H33N3OS. The van der Waals surface area contributed by atoms with Crippen LogP contribution in [0.3, 0.4) is 0 Å². The summed E-state index contributed by atoms with van der Waals surface area (Å²) >= 11 is 1.83. The number of thiophene rings is 1. The van der Waals surface area contributed by atoms with Gasteiger partial charge in [-0.15, -0.1) is 11.3 Å². The van der Waals surface area contributed by atoms with Crippen molar-refractivity contribution in [2.45, 2.75) is 12.5 Å². The minimum atomic E-state index is -0.0964. The molecule has 3 heterocycles. The predicted molar refractivity (Wildman–Crippen MR) is 230 cm³/mol. The fraction of sp³-hybridized carbons (Fsp3) is 0.0400. The Hall–Kier alpha value is -6.82. The van der Waals surface area contributed by atoms with Crippen molar-refractivity contribution in [3.8, 4) is 39.4 Å². The molecule has 0 spiro atoms. The van der Waals surface area contributed by atoms with Gasteiger partial charge in [-0.05, 0) is 71.8 Å². The molecule has 1 aliphatic heterocycles. The molecule has 1 aliphatic carbocycles. The Morgan fingerprint density at radius 1 is 0.564 bits per heavy atom. The van der Waals surface area contributed by atoms with Crippen molar-refractivity contribution in [2.75, 3.05) is 4.90 Å². The summed E-state index contributed by atoms with van der Waals surface area (Å²) in [6.07, 6.45) is 7.27. The third-order valence-corrected chi connectivity index (χ3v) is 11.9. The van der Waals surface area contributed by atoms with E-state index in [1.807, 2.05) is 35.6 Å². The second-order valence-electron chi connectivity index (χ2n) is 14.0. The normalized spacial score (nSPS) is 14.5. The summed E-state index contributed by atoms with van der Waals surface area (Å²) in [4.78, 5) is 13.1. The van der Waals surface area contributed by atoms with Gasteiger partial charge in [-0.2, -0.15) is 0 Å². The molecule has 11 rings (SSSR count). The monoisotopic (exact) mass is 723 g/mol. The molecule has 5 heteroatoms.